The van der Waals surface area contributed by atoms with E-state index in [9.17, 15) is 0 Å². The second-order valence-corrected chi connectivity index (χ2v) is 6.25. The molecule has 3 aromatic rings. The van der Waals surface area contributed by atoms with Crippen molar-refractivity contribution < 1.29 is 0 Å². The van der Waals surface area contributed by atoms with Gasteiger partial charge < -0.3 is 0 Å². The van der Waals surface area contributed by atoms with Gasteiger partial charge in [-0.2, -0.15) is 0 Å². The molecular formula is C21H20IP. The Balaban J connectivity index is 0.00000192. The van der Waals surface area contributed by atoms with Crippen LogP contribution >= 0.6 is 33.2 Å². The van der Waals surface area contributed by atoms with E-state index in [1.165, 1.54) is 11.1 Å². The van der Waals surface area contributed by atoms with Crippen molar-refractivity contribution in [2.75, 3.05) is 0 Å². The van der Waals surface area contributed by atoms with Crippen LogP contribution in [0.4, 0.5) is 0 Å². The van der Waals surface area contributed by atoms with Crippen LogP contribution in [-0.2, 0) is 5.16 Å². The van der Waals surface area contributed by atoms with Gasteiger partial charge in [-0.3, -0.25) is 0 Å². The van der Waals surface area contributed by atoms with Crippen LogP contribution in [0, 0.1) is 0 Å². The first-order valence-corrected chi connectivity index (χ1v) is 7.95. The summed E-state index contributed by atoms with van der Waals surface area (Å²) in [5.41, 5.74) is 4.68. The molecule has 23 heavy (non-hydrogen) atoms. The fourth-order valence-electron chi connectivity index (χ4n) is 2.78. The lowest BCUT2D eigenvalue weighted by molar-refractivity contribution is 0.966. The van der Waals surface area contributed by atoms with Gasteiger partial charge >= 0.3 is 0 Å². The number of hydrogen-bond donors (Lipinski definition) is 0. The summed E-state index contributed by atoms with van der Waals surface area (Å²) in [4.78, 5) is 0. The highest BCUT2D eigenvalue weighted by atomic mass is 127. The van der Waals surface area contributed by atoms with Gasteiger partial charge in [0.1, 0.15) is 0 Å². The smallest absolute Gasteiger partial charge is 0.0591 e. The lowest BCUT2D eigenvalue weighted by Crippen LogP contribution is -2.21. The van der Waals surface area contributed by atoms with Crippen molar-refractivity contribution in [2.24, 2.45) is 0 Å². The van der Waals surface area contributed by atoms with Crippen LogP contribution in [0.3, 0.4) is 0 Å². The van der Waals surface area contributed by atoms with E-state index in [1.54, 1.807) is 0 Å². The van der Waals surface area contributed by atoms with E-state index >= 15 is 0 Å². The van der Waals surface area contributed by atoms with E-state index in [1.807, 2.05) is 18.2 Å². The third-order valence-electron chi connectivity index (χ3n) is 4.06. The standard InChI is InChI=1S/C21H19P.HI/c1-17(18-11-5-2-6-12-18)21(22,19-13-7-3-8-14-19)20-15-9-4-10-16-20;/h2-16H,1,22H2;1H. The average molecular weight is 430 g/mol. The number of allylic oxidation sites excluding steroid dienone is 1. The maximum absolute atomic E-state index is 4.43. The molecule has 2 heteroatoms. The molecule has 116 valence electrons. The SMILES string of the molecule is C=C(c1ccccc1)C(P)(c1ccccc1)c1ccccc1.I. The Bertz CT molecular complexity index is 712. The second-order valence-electron chi connectivity index (χ2n) is 5.38. The second kappa shape index (κ2) is 7.90. The summed E-state index contributed by atoms with van der Waals surface area (Å²) in [6.45, 7) is 4.43. The van der Waals surface area contributed by atoms with Gasteiger partial charge in [0.2, 0.25) is 0 Å². The number of rotatable bonds is 4. The minimum absolute atomic E-state index is 0. The molecule has 0 saturated carbocycles. The predicted octanol–water partition coefficient (Wildman–Crippen LogP) is 6.14. The zero-order valence-electron chi connectivity index (χ0n) is 12.9. The summed E-state index contributed by atoms with van der Waals surface area (Å²) in [6, 6.07) is 31.4. The molecule has 1 atom stereocenters. The van der Waals surface area contributed by atoms with Gasteiger partial charge in [-0.25, -0.2) is 0 Å². The van der Waals surface area contributed by atoms with Gasteiger partial charge in [0, 0.05) is 0 Å². The Morgan fingerprint density at radius 1 is 0.652 bits per heavy atom. The van der Waals surface area contributed by atoms with Gasteiger partial charge in [0.15, 0.2) is 0 Å². The molecule has 0 aliphatic carbocycles. The van der Waals surface area contributed by atoms with E-state index in [2.05, 4.69) is 88.6 Å². The third kappa shape index (κ3) is 3.57. The lowest BCUT2D eigenvalue weighted by Gasteiger charge is -2.33. The van der Waals surface area contributed by atoms with E-state index in [-0.39, 0.29) is 29.1 Å². The average Bonchev–Trinajstić information content (AvgIpc) is 2.62. The summed E-state index contributed by atoms with van der Waals surface area (Å²) in [6.07, 6.45) is 0. The van der Waals surface area contributed by atoms with Gasteiger partial charge in [-0.05, 0) is 22.3 Å². The Morgan fingerprint density at radius 2 is 1.00 bits per heavy atom. The highest BCUT2D eigenvalue weighted by Crippen LogP contribution is 2.48. The summed E-state index contributed by atoms with van der Waals surface area (Å²) in [5.74, 6) is 0. The van der Waals surface area contributed by atoms with E-state index in [0.29, 0.717) is 0 Å². The predicted molar refractivity (Wildman–Crippen MR) is 114 cm³/mol. The molecule has 0 fully saturated rings. The van der Waals surface area contributed by atoms with Crippen LogP contribution < -0.4 is 0 Å². The molecule has 0 saturated heterocycles. The van der Waals surface area contributed by atoms with Crippen molar-refractivity contribution in [3.8, 4) is 0 Å². The molecule has 3 rings (SSSR count). The van der Waals surface area contributed by atoms with E-state index in [4.69, 9.17) is 0 Å². The zero-order chi connectivity index (χ0) is 15.4. The summed E-state index contributed by atoms with van der Waals surface area (Å²) >= 11 is 0. The number of benzene rings is 3. The quantitative estimate of drug-likeness (QED) is 0.345. The van der Waals surface area contributed by atoms with Gasteiger partial charge in [0.25, 0.3) is 0 Å². The molecular weight excluding hydrogens is 410 g/mol. The van der Waals surface area contributed by atoms with Crippen LogP contribution in [0.15, 0.2) is 97.6 Å². The summed E-state index contributed by atoms with van der Waals surface area (Å²) in [5, 5.41) is -0.329. The number of hydrogen-bond acceptors (Lipinski definition) is 0. The first-order valence-electron chi connectivity index (χ1n) is 7.37. The van der Waals surface area contributed by atoms with Crippen molar-refractivity contribution >= 4 is 38.8 Å². The van der Waals surface area contributed by atoms with Crippen molar-refractivity contribution in [1.29, 1.82) is 0 Å². The number of halogens is 1. The van der Waals surface area contributed by atoms with Crippen molar-refractivity contribution in [3.05, 3.63) is 114 Å². The molecule has 3 aromatic carbocycles. The first-order chi connectivity index (χ1) is 10.7. The molecule has 1 unspecified atom stereocenters. The van der Waals surface area contributed by atoms with Gasteiger partial charge in [-0.1, -0.05) is 97.6 Å². The molecule has 0 amide bonds. The maximum atomic E-state index is 4.43. The normalized spacial score (nSPS) is 10.7. The monoisotopic (exact) mass is 430 g/mol. The largest absolute Gasteiger partial charge is 0.117 e. The summed E-state index contributed by atoms with van der Waals surface area (Å²) in [7, 11) is 3.03. The Morgan fingerprint density at radius 3 is 1.39 bits per heavy atom. The maximum Gasteiger partial charge on any atom is 0.0591 e. The minimum atomic E-state index is -0.329. The first kappa shape index (κ1) is 17.9. The molecule has 0 heterocycles. The van der Waals surface area contributed by atoms with Crippen molar-refractivity contribution in [2.45, 2.75) is 5.16 Å². The highest BCUT2D eigenvalue weighted by molar-refractivity contribution is 14.0. The highest BCUT2D eigenvalue weighted by Gasteiger charge is 2.32. The topological polar surface area (TPSA) is 0 Å². The molecule has 0 N–H and O–H groups in total. The van der Waals surface area contributed by atoms with Crippen molar-refractivity contribution in [1.82, 2.24) is 0 Å². The van der Waals surface area contributed by atoms with E-state index in [0.717, 1.165) is 11.1 Å². The van der Waals surface area contributed by atoms with Crippen LogP contribution in [0.25, 0.3) is 5.57 Å². The Kier molecular flexibility index (Phi) is 6.15. The summed E-state index contributed by atoms with van der Waals surface area (Å²) < 4.78 is 0. The molecule has 0 radical (unpaired) electrons. The fourth-order valence-corrected chi connectivity index (χ4v) is 3.34. The molecule has 0 aliphatic heterocycles. The zero-order valence-corrected chi connectivity index (χ0v) is 16.3. The fraction of sp³-hybridized carbons (Fsp3) is 0.0476. The molecule has 0 nitrogen and oxygen atoms in total. The third-order valence-corrected chi connectivity index (χ3v) is 5.07. The molecule has 0 spiro atoms. The molecule has 0 bridgehead atoms. The van der Waals surface area contributed by atoms with E-state index < -0.39 is 0 Å². The Labute approximate surface area is 157 Å². The van der Waals surface area contributed by atoms with Crippen molar-refractivity contribution in [3.63, 3.8) is 0 Å². The minimum Gasteiger partial charge on any atom is -0.117 e. The molecule has 0 aromatic heterocycles. The molecule has 0 aliphatic rings. The van der Waals surface area contributed by atoms with Crippen LogP contribution in [0.2, 0.25) is 0 Å². The van der Waals surface area contributed by atoms with Gasteiger partial charge in [0.05, 0.1) is 5.16 Å². The lowest BCUT2D eigenvalue weighted by atomic mass is 9.81. The Hall–Kier alpha value is -1.44. The van der Waals surface area contributed by atoms with Crippen LogP contribution in [0.5, 0.6) is 0 Å². The van der Waals surface area contributed by atoms with Crippen LogP contribution in [0.1, 0.15) is 16.7 Å². The van der Waals surface area contributed by atoms with Gasteiger partial charge in [-0.15, -0.1) is 33.2 Å². The van der Waals surface area contributed by atoms with Crippen LogP contribution in [-0.4, -0.2) is 0 Å².